The number of rotatable bonds is 5. The van der Waals surface area contributed by atoms with Gasteiger partial charge < -0.3 is 5.11 Å². The van der Waals surface area contributed by atoms with E-state index in [0.29, 0.717) is 0 Å². The summed E-state index contributed by atoms with van der Waals surface area (Å²) in [4.78, 5) is 0. The maximum absolute atomic E-state index is 7.00. The van der Waals surface area contributed by atoms with E-state index in [1.807, 2.05) is 19.9 Å². The molecule has 0 aliphatic carbocycles. The Labute approximate surface area is 84.9 Å². The van der Waals surface area contributed by atoms with Crippen LogP contribution in [0.3, 0.4) is 0 Å². The summed E-state index contributed by atoms with van der Waals surface area (Å²) < 4.78 is 0. The maximum Gasteiger partial charge on any atom is 0.0319 e. The molecular formula is C12H28O. The summed E-state index contributed by atoms with van der Waals surface area (Å²) in [5, 5.41) is 7.00. The Morgan fingerprint density at radius 3 is 2.00 bits per heavy atom. The minimum Gasteiger partial charge on any atom is -0.400 e. The molecule has 82 valence electrons. The van der Waals surface area contributed by atoms with E-state index >= 15 is 0 Å². The Kier molecular flexibility index (Phi) is 32.1. The zero-order valence-corrected chi connectivity index (χ0v) is 10.1. The highest BCUT2D eigenvalue weighted by molar-refractivity contribution is 4.67. The van der Waals surface area contributed by atoms with Gasteiger partial charge in [0, 0.05) is 7.11 Å². The molecular weight excluding hydrogens is 160 g/mol. The highest BCUT2D eigenvalue weighted by Gasteiger charge is 1.96. The van der Waals surface area contributed by atoms with Crippen molar-refractivity contribution in [2.45, 2.75) is 53.4 Å². The molecule has 0 fully saturated rings. The Balaban J connectivity index is -0.000000218. The summed E-state index contributed by atoms with van der Waals surface area (Å²) in [6.07, 6.45) is 7.19. The van der Waals surface area contributed by atoms with Crippen LogP contribution < -0.4 is 0 Å². The summed E-state index contributed by atoms with van der Waals surface area (Å²) in [5.41, 5.74) is 0. The molecule has 0 saturated carbocycles. The lowest BCUT2D eigenvalue weighted by Gasteiger charge is -2.05. The summed E-state index contributed by atoms with van der Waals surface area (Å²) in [5.74, 6) is 0.896. The first-order valence-electron chi connectivity index (χ1n) is 5.36. The van der Waals surface area contributed by atoms with Crippen LogP contribution in [-0.4, -0.2) is 12.2 Å². The highest BCUT2D eigenvalue weighted by atomic mass is 16.2. The van der Waals surface area contributed by atoms with Gasteiger partial charge in [0.2, 0.25) is 0 Å². The van der Waals surface area contributed by atoms with Gasteiger partial charge in [-0.05, 0) is 18.8 Å². The van der Waals surface area contributed by atoms with Crippen molar-refractivity contribution in [1.82, 2.24) is 0 Å². The molecule has 1 atom stereocenters. The predicted octanol–water partition coefficient (Wildman–Crippen LogP) is 4.02. The van der Waals surface area contributed by atoms with Crippen LogP contribution in [0.25, 0.3) is 0 Å². The lowest BCUT2D eigenvalue weighted by molar-refractivity contribution is 0.399. The van der Waals surface area contributed by atoms with Crippen molar-refractivity contribution >= 4 is 0 Å². The second-order valence-electron chi connectivity index (χ2n) is 2.76. The van der Waals surface area contributed by atoms with Crippen molar-refractivity contribution in [2.24, 2.45) is 5.92 Å². The van der Waals surface area contributed by atoms with Crippen LogP contribution in [0.1, 0.15) is 53.4 Å². The molecule has 1 unspecified atom stereocenters. The number of aliphatic hydroxyl groups excluding tert-OH is 1. The number of hydrogen-bond acceptors (Lipinski definition) is 1. The number of hydrogen-bond donors (Lipinski definition) is 1. The molecule has 0 aliphatic rings. The zero-order valence-electron chi connectivity index (χ0n) is 10.1. The quantitative estimate of drug-likeness (QED) is 0.646. The first-order valence-corrected chi connectivity index (χ1v) is 5.36. The van der Waals surface area contributed by atoms with E-state index < -0.39 is 0 Å². The molecule has 0 rings (SSSR count). The second kappa shape index (κ2) is 22.6. The van der Waals surface area contributed by atoms with Crippen molar-refractivity contribution in [3.63, 3.8) is 0 Å². The molecule has 0 saturated heterocycles. The Hall–Kier alpha value is -0.300. The van der Waals surface area contributed by atoms with E-state index in [1.165, 1.54) is 25.7 Å². The van der Waals surface area contributed by atoms with Crippen LogP contribution in [0.15, 0.2) is 12.7 Å². The van der Waals surface area contributed by atoms with Crippen LogP contribution >= 0.6 is 0 Å². The Morgan fingerprint density at radius 2 is 1.69 bits per heavy atom. The van der Waals surface area contributed by atoms with E-state index in [1.54, 1.807) is 0 Å². The van der Waals surface area contributed by atoms with Crippen molar-refractivity contribution in [3.05, 3.63) is 12.7 Å². The molecule has 0 aliphatic heterocycles. The zero-order chi connectivity index (χ0) is 11.1. The van der Waals surface area contributed by atoms with Crippen molar-refractivity contribution in [1.29, 1.82) is 0 Å². The average molecular weight is 188 g/mol. The summed E-state index contributed by atoms with van der Waals surface area (Å²) in [6.45, 7) is 12.2. The fourth-order valence-electron chi connectivity index (χ4n) is 1.04. The van der Waals surface area contributed by atoms with Gasteiger partial charge in [0.15, 0.2) is 0 Å². The van der Waals surface area contributed by atoms with E-state index in [4.69, 9.17) is 5.11 Å². The van der Waals surface area contributed by atoms with Crippen LogP contribution in [0, 0.1) is 5.92 Å². The number of aliphatic hydroxyl groups is 1. The molecule has 0 bridgehead atoms. The lowest BCUT2D eigenvalue weighted by atomic mass is 10.0. The fraction of sp³-hybridized carbons (Fsp3) is 0.833. The minimum atomic E-state index is 0.896. The van der Waals surface area contributed by atoms with Gasteiger partial charge in [0.05, 0.1) is 0 Å². The van der Waals surface area contributed by atoms with Gasteiger partial charge in [-0.1, -0.05) is 46.6 Å². The molecule has 0 aromatic heterocycles. The highest BCUT2D eigenvalue weighted by Crippen LogP contribution is 2.11. The topological polar surface area (TPSA) is 20.2 Å². The van der Waals surface area contributed by atoms with E-state index in [-0.39, 0.29) is 0 Å². The monoisotopic (exact) mass is 188 g/mol. The molecule has 0 spiro atoms. The van der Waals surface area contributed by atoms with Gasteiger partial charge in [-0.2, -0.15) is 0 Å². The summed E-state index contributed by atoms with van der Waals surface area (Å²) in [6, 6.07) is 0. The van der Waals surface area contributed by atoms with Gasteiger partial charge in [0.1, 0.15) is 0 Å². The molecule has 0 aromatic rings. The van der Waals surface area contributed by atoms with Crippen LogP contribution in [0.2, 0.25) is 0 Å². The second-order valence-corrected chi connectivity index (χ2v) is 2.76. The standard InChI is InChI=1S/C9H18.C2H6.CH4O/c1-4-6-8-9(3)7-5-2;2*1-2/h4,9H,1,5-8H2,2-3H3;1-2H3;2H,1H3. The van der Waals surface area contributed by atoms with E-state index in [0.717, 1.165) is 13.0 Å². The van der Waals surface area contributed by atoms with Crippen molar-refractivity contribution < 1.29 is 5.11 Å². The van der Waals surface area contributed by atoms with E-state index in [2.05, 4.69) is 20.4 Å². The minimum absolute atomic E-state index is 0.896. The smallest absolute Gasteiger partial charge is 0.0319 e. The SMILES string of the molecule is C=CCCC(C)CCC.CC.CO. The van der Waals surface area contributed by atoms with Crippen LogP contribution in [0.5, 0.6) is 0 Å². The van der Waals surface area contributed by atoms with Gasteiger partial charge in [-0.15, -0.1) is 6.58 Å². The fourth-order valence-corrected chi connectivity index (χ4v) is 1.04. The molecule has 13 heavy (non-hydrogen) atoms. The molecule has 1 N–H and O–H groups in total. The normalized spacial score (nSPS) is 10.0. The molecule has 0 radical (unpaired) electrons. The largest absolute Gasteiger partial charge is 0.400 e. The third-order valence-corrected chi connectivity index (χ3v) is 1.65. The molecule has 1 nitrogen and oxygen atoms in total. The average Bonchev–Trinajstić information content (AvgIpc) is 2.21. The van der Waals surface area contributed by atoms with E-state index in [9.17, 15) is 0 Å². The van der Waals surface area contributed by atoms with Crippen LogP contribution in [-0.2, 0) is 0 Å². The van der Waals surface area contributed by atoms with Gasteiger partial charge in [-0.3, -0.25) is 0 Å². The lowest BCUT2D eigenvalue weighted by Crippen LogP contribution is -1.91. The maximum atomic E-state index is 7.00. The van der Waals surface area contributed by atoms with Crippen LogP contribution in [0.4, 0.5) is 0 Å². The molecule has 0 aromatic carbocycles. The molecule has 1 heteroatoms. The van der Waals surface area contributed by atoms with Gasteiger partial charge in [0.25, 0.3) is 0 Å². The Bertz CT molecular complexity index is 69.5. The molecule has 0 amide bonds. The first kappa shape index (κ1) is 18.5. The Morgan fingerprint density at radius 1 is 1.23 bits per heavy atom. The first-order chi connectivity index (χ1) is 6.31. The van der Waals surface area contributed by atoms with Crippen molar-refractivity contribution in [2.75, 3.05) is 7.11 Å². The molecule has 0 heterocycles. The third-order valence-electron chi connectivity index (χ3n) is 1.65. The summed E-state index contributed by atoms with van der Waals surface area (Å²) >= 11 is 0. The number of allylic oxidation sites excluding steroid dienone is 1. The van der Waals surface area contributed by atoms with Gasteiger partial charge in [-0.25, -0.2) is 0 Å². The predicted molar refractivity (Wildman–Crippen MR) is 63.0 cm³/mol. The van der Waals surface area contributed by atoms with Gasteiger partial charge >= 0.3 is 0 Å². The third kappa shape index (κ3) is 24.5. The van der Waals surface area contributed by atoms with Crippen molar-refractivity contribution in [3.8, 4) is 0 Å². The summed E-state index contributed by atoms with van der Waals surface area (Å²) in [7, 11) is 1.00.